The van der Waals surface area contributed by atoms with E-state index in [-0.39, 0.29) is 22.0 Å². The molecule has 0 aliphatic rings. The molecule has 1 heterocycles. The maximum absolute atomic E-state index is 12.7. The Morgan fingerprint density at radius 1 is 1.24 bits per heavy atom. The summed E-state index contributed by atoms with van der Waals surface area (Å²) < 4.78 is 71.2. The Hall–Kier alpha value is -2.49. The summed E-state index contributed by atoms with van der Waals surface area (Å²) in [6.45, 7) is 1.47. The lowest BCUT2D eigenvalue weighted by Crippen LogP contribution is -2.14. The summed E-state index contributed by atoms with van der Waals surface area (Å²) in [5.74, 6) is -0.730. The molecule has 1 aromatic heterocycles. The molecule has 0 unspecified atom stereocenters. The highest BCUT2D eigenvalue weighted by Gasteiger charge is 2.31. The predicted molar refractivity (Wildman–Crippen MR) is 83.7 cm³/mol. The smallest absolute Gasteiger partial charge is 0.416 e. The summed E-state index contributed by atoms with van der Waals surface area (Å²) in [5.41, 5.74) is -0.977. The van der Waals surface area contributed by atoms with Gasteiger partial charge < -0.3 is 9.30 Å². The first-order valence-electron chi connectivity index (χ1n) is 6.92. The molecular formula is C15H15F3N2O4S. The fourth-order valence-corrected chi connectivity index (χ4v) is 3.55. The normalized spacial score (nSPS) is 12.1. The van der Waals surface area contributed by atoms with E-state index in [2.05, 4.69) is 9.46 Å². The van der Waals surface area contributed by atoms with E-state index in [0.29, 0.717) is 6.07 Å². The van der Waals surface area contributed by atoms with Crippen LogP contribution in [0, 0.1) is 6.92 Å². The van der Waals surface area contributed by atoms with Gasteiger partial charge in [0.25, 0.3) is 10.0 Å². The second kappa shape index (κ2) is 6.43. The van der Waals surface area contributed by atoms with Crippen molar-refractivity contribution in [1.82, 2.24) is 4.57 Å². The van der Waals surface area contributed by atoms with Gasteiger partial charge in [0.1, 0.15) is 10.6 Å². The Labute approximate surface area is 142 Å². The van der Waals surface area contributed by atoms with Gasteiger partial charge in [0, 0.05) is 18.4 Å². The highest BCUT2D eigenvalue weighted by molar-refractivity contribution is 7.92. The Morgan fingerprint density at radius 2 is 1.88 bits per heavy atom. The number of hydrogen-bond donors (Lipinski definition) is 1. The number of methoxy groups -OCH3 is 1. The minimum atomic E-state index is -4.60. The van der Waals surface area contributed by atoms with Crippen LogP contribution in [0.2, 0.25) is 0 Å². The molecule has 0 saturated heterocycles. The lowest BCUT2D eigenvalue weighted by molar-refractivity contribution is -0.137. The number of esters is 1. The topological polar surface area (TPSA) is 77.4 Å². The van der Waals surface area contributed by atoms with Crippen LogP contribution in [0.5, 0.6) is 0 Å². The number of benzene rings is 1. The predicted octanol–water partition coefficient (Wildman–Crippen LogP) is 2.94. The molecule has 6 nitrogen and oxygen atoms in total. The number of carbonyl (C=O) groups excluding carboxylic acids is 1. The van der Waals surface area contributed by atoms with E-state index in [4.69, 9.17) is 0 Å². The molecule has 0 atom stereocenters. The maximum atomic E-state index is 12.7. The molecular weight excluding hydrogens is 361 g/mol. The van der Waals surface area contributed by atoms with Gasteiger partial charge in [-0.2, -0.15) is 13.2 Å². The van der Waals surface area contributed by atoms with E-state index in [1.165, 1.54) is 24.6 Å². The van der Waals surface area contributed by atoms with Crippen molar-refractivity contribution in [3.05, 3.63) is 47.3 Å². The number of rotatable bonds is 4. The van der Waals surface area contributed by atoms with Crippen molar-refractivity contribution in [2.24, 2.45) is 7.05 Å². The SMILES string of the molecule is COC(=O)c1cc(S(=O)(=O)Nc2cccc(C(F)(F)F)c2)c(C)n1C. The van der Waals surface area contributed by atoms with Crippen molar-refractivity contribution < 1.29 is 31.1 Å². The van der Waals surface area contributed by atoms with Crippen LogP contribution in [0.15, 0.2) is 35.2 Å². The molecule has 0 amide bonds. The van der Waals surface area contributed by atoms with Gasteiger partial charge in [-0.25, -0.2) is 13.2 Å². The molecule has 25 heavy (non-hydrogen) atoms. The van der Waals surface area contributed by atoms with Crippen LogP contribution in [-0.4, -0.2) is 26.1 Å². The van der Waals surface area contributed by atoms with Crippen LogP contribution in [0.25, 0.3) is 0 Å². The highest BCUT2D eigenvalue weighted by atomic mass is 32.2. The maximum Gasteiger partial charge on any atom is 0.416 e. The average Bonchev–Trinajstić information content (AvgIpc) is 2.82. The first kappa shape index (κ1) is 18.8. The molecule has 0 fully saturated rings. The molecule has 0 bridgehead atoms. The Kier molecular flexibility index (Phi) is 4.85. The number of alkyl halides is 3. The quantitative estimate of drug-likeness (QED) is 0.833. The molecule has 2 rings (SSSR count). The summed E-state index contributed by atoms with van der Waals surface area (Å²) in [5, 5.41) is 0. The number of halogens is 3. The van der Waals surface area contributed by atoms with Crippen LogP contribution in [0.4, 0.5) is 18.9 Å². The van der Waals surface area contributed by atoms with Crippen LogP contribution in [0.1, 0.15) is 21.7 Å². The van der Waals surface area contributed by atoms with Gasteiger partial charge in [-0.1, -0.05) is 6.07 Å². The minimum Gasteiger partial charge on any atom is -0.464 e. The summed E-state index contributed by atoms with van der Waals surface area (Å²) in [6, 6.07) is 4.93. The van der Waals surface area contributed by atoms with Crippen molar-refractivity contribution in [3.8, 4) is 0 Å². The standard InChI is InChI=1S/C15H15F3N2O4S/c1-9-13(8-12(20(9)2)14(21)24-3)25(22,23)19-11-6-4-5-10(7-11)15(16,17)18/h4-8,19H,1-3H3. The fourth-order valence-electron chi connectivity index (χ4n) is 2.21. The van der Waals surface area contributed by atoms with Gasteiger partial charge >= 0.3 is 12.1 Å². The third-order valence-electron chi connectivity index (χ3n) is 3.62. The number of sulfonamides is 1. The highest BCUT2D eigenvalue weighted by Crippen LogP contribution is 2.31. The molecule has 2 aromatic rings. The van der Waals surface area contributed by atoms with Gasteiger partial charge in [0.15, 0.2) is 0 Å². The number of anilines is 1. The second-order valence-electron chi connectivity index (χ2n) is 5.21. The van der Waals surface area contributed by atoms with Crippen molar-refractivity contribution >= 4 is 21.7 Å². The van der Waals surface area contributed by atoms with Gasteiger partial charge in [-0.3, -0.25) is 4.72 Å². The number of hydrogen-bond acceptors (Lipinski definition) is 4. The summed E-state index contributed by atoms with van der Waals surface area (Å²) >= 11 is 0. The van der Waals surface area contributed by atoms with E-state index in [1.54, 1.807) is 0 Å². The van der Waals surface area contributed by atoms with Gasteiger partial charge in [-0.05, 0) is 31.2 Å². The molecule has 10 heteroatoms. The van der Waals surface area contributed by atoms with Crippen molar-refractivity contribution in [1.29, 1.82) is 0 Å². The van der Waals surface area contributed by atoms with Crippen LogP contribution < -0.4 is 4.72 Å². The molecule has 1 N–H and O–H groups in total. The summed E-state index contributed by atoms with van der Waals surface area (Å²) in [4.78, 5) is 11.4. The first-order chi connectivity index (χ1) is 11.5. The second-order valence-corrected chi connectivity index (χ2v) is 6.86. The zero-order chi connectivity index (χ0) is 19.0. The van der Waals surface area contributed by atoms with E-state index < -0.39 is 27.7 Å². The zero-order valence-corrected chi connectivity index (χ0v) is 14.3. The van der Waals surface area contributed by atoms with E-state index in [0.717, 1.165) is 25.3 Å². The van der Waals surface area contributed by atoms with Gasteiger partial charge in [-0.15, -0.1) is 0 Å². The number of nitrogens with zero attached hydrogens (tertiary/aromatic N) is 1. The molecule has 0 aliphatic carbocycles. The van der Waals surface area contributed by atoms with E-state index >= 15 is 0 Å². The summed E-state index contributed by atoms with van der Waals surface area (Å²) in [6.07, 6.45) is -4.60. The third kappa shape index (κ3) is 3.78. The molecule has 0 saturated carbocycles. The number of nitrogens with one attached hydrogen (secondary N) is 1. The minimum absolute atomic E-state index is 0.00409. The Balaban J connectivity index is 2.43. The fraction of sp³-hybridized carbons (Fsp3) is 0.267. The zero-order valence-electron chi connectivity index (χ0n) is 13.5. The molecule has 0 spiro atoms. The molecule has 136 valence electrons. The Bertz CT molecular complexity index is 917. The Morgan fingerprint density at radius 3 is 2.44 bits per heavy atom. The molecule has 1 aromatic carbocycles. The van der Waals surface area contributed by atoms with Crippen LogP contribution in [0.3, 0.4) is 0 Å². The van der Waals surface area contributed by atoms with Crippen molar-refractivity contribution in [2.45, 2.75) is 18.0 Å². The van der Waals surface area contributed by atoms with Crippen LogP contribution in [-0.2, 0) is 28.0 Å². The summed E-state index contributed by atoms with van der Waals surface area (Å²) in [7, 11) is -1.57. The van der Waals surface area contributed by atoms with Gasteiger partial charge in [0.2, 0.25) is 0 Å². The molecule has 0 aliphatic heterocycles. The molecule has 0 radical (unpaired) electrons. The van der Waals surface area contributed by atoms with Gasteiger partial charge in [0.05, 0.1) is 12.7 Å². The monoisotopic (exact) mass is 376 g/mol. The number of ether oxygens (including phenoxy) is 1. The average molecular weight is 376 g/mol. The third-order valence-corrected chi connectivity index (χ3v) is 5.11. The lowest BCUT2D eigenvalue weighted by Gasteiger charge is -2.11. The number of carbonyl (C=O) groups is 1. The lowest BCUT2D eigenvalue weighted by atomic mass is 10.2. The number of aromatic nitrogens is 1. The van der Waals surface area contributed by atoms with E-state index in [1.807, 2.05) is 0 Å². The van der Waals surface area contributed by atoms with Crippen LogP contribution >= 0.6 is 0 Å². The largest absolute Gasteiger partial charge is 0.464 e. The first-order valence-corrected chi connectivity index (χ1v) is 8.40. The van der Waals surface area contributed by atoms with Crippen molar-refractivity contribution in [3.63, 3.8) is 0 Å². The van der Waals surface area contributed by atoms with E-state index in [9.17, 15) is 26.4 Å². The van der Waals surface area contributed by atoms with Crippen molar-refractivity contribution in [2.75, 3.05) is 11.8 Å².